The molecule has 1 atom stereocenters. The van der Waals surface area contributed by atoms with Gasteiger partial charge in [-0.2, -0.15) is 0 Å². The maximum Gasteiger partial charge on any atom is 0.410 e. The number of amides is 2. The number of carbonyl (C=O) groups excluding carboxylic acids is 2. The predicted molar refractivity (Wildman–Crippen MR) is 93.5 cm³/mol. The van der Waals surface area contributed by atoms with Gasteiger partial charge in [-0.05, 0) is 45.1 Å². The Bertz CT molecular complexity index is 644. The Hall–Kier alpha value is -1.98. The van der Waals surface area contributed by atoms with Gasteiger partial charge in [-0.15, -0.1) is 0 Å². The fraction of sp³-hybridized carbons (Fsp3) is 0.684. The van der Waals surface area contributed by atoms with Crippen LogP contribution >= 0.6 is 0 Å². The summed E-state index contributed by atoms with van der Waals surface area (Å²) < 4.78 is 10.8. The molecular weight excluding hydrogens is 320 g/mol. The maximum atomic E-state index is 12.7. The van der Waals surface area contributed by atoms with Crippen LogP contribution in [0.1, 0.15) is 55.0 Å². The molecule has 0 unspecified atom stereocenters. The predicted octanol–water partition coefficient (Wildman–Crippen LogP) is 3.37. The summed E-state index contributed by atoms with van der Waals surface area (Å²) in [5, 5.41) is 0. The van der Waals surface area contributed by atoms with Gasteiger partial charge in [-0.25, -0.2) is 4.79 Å². The van der Waals surface area contributed by atoms with Crippen LogP contribution in [0.25, 0.3) is 0 Å². The molecule has 3 rings (SSSR count). The fourth-order valence-electron chi connectivity index (χ4n) is 4.00. The van der Waals surface area contributed by atoms with Crippen LogP contribution in [0.3, 0.4) is 0 Å². The van der Waals surface area contributed by atoms with Crippen LogP contribution in [0.5, 0.6) is 0 Å². The van der Waals surface area contributed by atoms with E-state index in [-0.39, 0.29) is 24.1 Å². The minimum absolute atomic E-state index is 0.0236. The molecule has 0 saturated carbocycles. The van der Waals surface area contributed by atoms with Crippen LogP contribution in [0.4, 0.5) is 4.79 Å². The minimum atomic E-state index is -0.197. The van der Waals surface area contributed by atoms with E-state index >= 15 is 0 Å². The molecule has 2 saturated heterocycles. The average molecular weight is 348 g/mol. The highest BCUT2D eigenvalue weighted by molar-refractivity contribution is 5.95. The van der Waals surface area contributed by atoms with Crippen LogP contribution < -0.4 is 0 Å². The van der Waals surface area contributed by atoms with Crippen LogP contribution in [0, 0.1) is 19.8 Å². The summed E-state index contributed by atoms with van der Waals surface area (Å²) in [5.41, 5.74) is 0.647. The monoisotopic (exact) mass is 348 g/mol. The van der Waals surface area contributed by atoms with E-state index in [4.69, 9.17) is 9.15 Å². The van der Waals surface area contributed by atoms with E-state index in [2.05, 4.69) is 13.8 Å². The second kappa shape index (κ2) is 7.10. The second-order valence-electron chi connectivity index (χ2n) is 7.62. The molecule has 0 spiro atoms. The zero-order valence-corrected chi connectivity index (χ0v) is 15.6. The Morgan fingerprint density at radius 2 is 1.96 bits per heavy atom. The molecule has 6 heteroatoms. The lowest BCUT2D eigenvalue weighted by molar-refractivity contribution is 0.0629. The Balaban J connectivity index is 1.62. The number of nitrogens with zero attached hydrogens (tertiary/aromatic N) is 2. The van der Waals surface area contributed by atoms with Crippen LogP contribution in [-0.4, -0.2) is 53.6 Å². The third-order valence-electron chi connectivity index (χ3n) is 5.16. The molecule has 138 valence electrons. The molecule has 1 aromatic heterocycles. The molecular formula is C19H28N2O4. The molecule has 0 radical (unpaired) electrons. The standard InChI is InChI=1S/C19H28N2O4/c1-12(2)9-16-11-24-19(23)21(16)15-5-7-20(8-6-15)18(22)17-10-13(3)25-14(17)4/h10,12,15-16H,5-9,11H2,1-4H3/t16-/m1/s1. The van der Waals surface area contributed by atoms with Crippen molar-refractivity contribution in [3.63, 3.8) is 0 Å². The first-order valence-electron chi connectivity index (χ1n) is 9.18. The van der Waals surface area contributed by atoms with Crippen LogP contribution in [0.15, 0.2) is 10.5 Å². The highest BCUT2D eigenvalue weighted by Crippen LogP contribution is 2.28. The summed E-state index contributed by atoms with van der Waals surface area (Å²) in [7, 11) is 0. The summed E-state index contributed by atoms with van der Waals surface area (Å²) >= 11 is 0. The Kier molecular flexibility index (Phi) is 5.06. The number of cyclic esters (lactones) is 1. The van der Waals surface area contributed by atoms with E-state index in [1.54, 1.807) is 6.07 Å². The van der Waals surface area contributed by atoms with Crippen molar-refractivity contribution in [2.75, 3.05) is 19.7 Å². The minimum Gasteiger partial charge on any atom is -0.466 e. The summed E-state index contributed by atoms with van der Waals surface area (Å²) in [6, 6.07) is 2.13. The maximum absolute atomic E-state index is 12.7. The zero-order chi connectivity index (χ0) is 18.1. The number of carbonyl (C=O) groups is 2. The van der Waals surface area contributed by atoms with Crippen molar-refractivity contribution in [2.45, 2.75) is 59.0 Å². The largest absolute Gasteiger partial charge is 0.466 e. The third kappa shape index (κ3) is 3.67. The number of ether oxygens (including phenoxy) is 1. The van der Waals surface area contributed by atoms with Crippen molar-refractivity contribution in [1.29, 1.82) is 0 Å². The Labute approximate surface area is 149 Å². The number of hydrogen-bond acceptors (Lipinski definition) is 4. The molecule has 2 amide bonds. The van der Waals surface area contributed by atoms with Gasteiger partial charge in [0.2, 0.25) is 0 Å². The van der Waals surface area contributed by atoms with Crippen molar-refractivity contribution in [1.82, 2.24) is 9.80 Å². The van der Waals surface area contributed by atoms with E-state index in [9.17, 15) is 9.59 Å². The molecule has 2 aliphatic rings. The third-order valence-corrected chi connectivity index (χ3v) is 5.16. The molecule has 1 aromatic rings. The van der Waals surface area contributed by atoms with Gasteiger partial charge in [0.15, 0.2) is 0 Å². The summed E-state index contributed by atoms with van der Waals surface area (Å²) in [5.74, 6) is 1.98. The van der Waals surface area contributed by atoms with Crippen LogP contribution in [0.2, 0.25) is 0 Å². The number of piperidine rings is 1. The average Bonchev–Trinajstić information content (AvgIpc) is 3.08. The van der Waals surface area contributed by atoms with Gasteiger partial charge in [0.1, 0.15) is 18.1 Å². The van der Waals surface area contributed by atoms with Crippen molar-refractivity contribution in [2.24, 2.45) is 5.92 Å². The normalized spacial score (nSPS) is 22.0. The number of rotatable bonds is 4. The number of furan rings is 1. The number of aryl methyl sites for hydroxylation is 2. The van der Waals surface area contributed by atoms with E-state index in [0.717, 1.165) is 25.0 Å². The highest BCUT2D eigenvalue weighted by atomic mass is 16.6. The molecule has 2 fully saturated rings. The second-order valence-corrected chi connectivity index (χ2v) is 7.62. The lowest BCUT2D eigenvalue weighted by atomic mass is 9.98. The van der Waals surface area contributed by atoms with Crippen molar-refractivity contribution >= 4 is 12.0 Å². The van der Waals surface area contributed by atoms with Gasteiger partial charge >= 0.3 is 6.09 Å². The van der Waals surface area contributed by atoms with E-state index in [0.29, 0.717) is 36.9 Å². The summed E-state index contributed by atoms with van der Waals surface area (Å²) in [4.78, 5) is 28.7. The quantitative estimate of drug-likeness (QED) is 0.837. The summed E-state index contributed by atoms with van der Waals surface area (Å²) in [6.45, 7) is 9.81. The Morgan fingerprint density at radius 3 is 2.52 bits per heavy atom. The van der Waals surface area contributed by atoms with Gasteiger partial charge in [0.25, 0.3) is 5.91 Å². The van der Waals surface area contributed by atoms with Gasteiger partial charge in [-0.3, -0.25) is 9.69 Å². The van der Waals surface area contributed by atoms with Gasteiger partial charge in [0.05, 0.1) is 11.6 Å². The molecule has 2 aliphatic heterocycles. The van der Waals surface area contributed by atoms with Crippen LogP contribution in [-0.2, 0) is 4.74 Å². The SMILES string of the molecule is Cc1cc(C(=O)N2CCC(N3C(=O)OC[C@H]3CC(C)C)CC2)c(C)o1. The topological polar surface area (TPSA) is 63.0 Å². The van der Waals surface area contributed by atoms with Crippen molar-refractivity contribution in [3.8, 4) is 0 Å². The molecule has 25 heavy (non-hydrogen) atoms. The fourth-order valence-corrected chi connectivity index (χ4v) is 4.00. The molecule has 0 aliphatic carbocycles. The van der Waals surface area contributed by atoms with Gasteiger partial charge in [-0.1, -0.05) is 13.8 Å². The number of likely N-dealkylation sites (tertiary alicyclic amines) is 1. The van der Waals surface area contributed by atoms with E-state index in [1.165, 1.54) is 0 Å². The smallest absolute Gasteiger partial charge is 0.410 e. The lowest BCUT2D eigenvalue weighted by Gasteiger charge is -2.38. The summed E-state index contributed by atoms with van der Waals surface area (Å²) in [6.07, 6.45) is 2.35. The van der Waals surface area contributed by atoms with Crippen molar-refractivity contribution < 1.29 is 18.7 Å². The Morgan fingerprint density at radius 1 is 1.28 bits per heavy atom. The molecule has 0 bridgehead atoms. The van der Waals surface area contributed by atoms with Gasteiger partial charge < -0.3 is 14.1 Å². The molecule has 0 aromatic carbocycles. The van der Waals surface area contributed by atoms with E-state index in [1.807, 2.05) is 23.6 Å². The van der Waals surface area contributed by atoms with Gasteiger partial charge in [0, 0.05) is 19.1 Å². The first-order valence-corrected chi connectivity index (χ1v) is 9.18. The molecule has 3 heterocycles. The zero-order valence-electron chi connectivity index (χ0n) is 15.6. The molecule has 0 N–H and O–H groups in total. The molecule has 6 nitrogen and oxygen atoms in total. The first-order chi connectivity index (χ1) is 11.9. The highest BCUT2D eigenvalue weighted by Gasteiger charge is 2.40. The first kappa shape index (κ1) is 17.8. The van der Waals surface area contributed by atoms with Crippen molar-refractivity contribution in [3.05, 3.63) is 23.2 Å². The lowest BCUT2D eigenvalue weighted by Crippen LogP contribution is -2.50. The van der Waals surface area contributed by atoms with E-state index < -0.39 is 0 Å². The number of hydrogen-bond donors (Lipinski definition) is 0.